The van der Waals surface area contributed by atoms with Gasteiger partial charge in [-0.15, -0.1) is 0 Å². The van der Waals surface area contributed by atoms with Gasteiger partial charge in [0.25, 0.3) is 0 Å². The molecule has 0 heterocycles. The van der Waals surface area contributed by atoms with E-state index in [1.165, 1.54) is 12.1 Å². The zero-order valence-corrected chi connectivity index (χ0v) is 8.97. The number of benzene rings is 1. The van der Waals surface area contributed by atoms with Gasteiger partial charge in [0.15, 0.2) is 0 Å². The van der Waals surface area contributed by atoms with Crippen molar-refractivity contribution in [1.29, 1.82) is 0 Å². The number of aromatic carboxylic acids is 2. The van der Waals surface area contributed by atoms with Crippen LogP contribution in [-0.2, 0) is 4.74 Å². The molecule has 6 heteroatoms. The summed E-state index contributed by atoms with van der Waals surface area (Å²) in [5, 5.41) is 17.8. The van der Waals surface area contributed by atoms with Crippen molar-refractivity contribution in [2.75, 3.05) is 6.61 Å². The molecular formula is C11H10O6. The van der Waals surface area contributed by atoms with Crippen LogP contribution in [0.4, 0.5) is 0 Å². The monoisotopic (exact) mass is 238 g/mol. The molecule has 0 aromatic heterocycles. The van der Waals surface area contributed by atoms with Crippen molar-refractivity contribution in [1.82, 2.24) is 0 Å². The third-order valence-electron chi connectivity index (χ3n) is 2.00. The zero-order valence-electron chi connectivity index (χ0n) is 8.97. The lowest BCUT2D eigenvalue weighted by Crippen LogP contribution is -2.16. The van der Waals surface area contributed by atoms with Crippen LogP contribution < -0.4 is 0 Å². The standard InChI is InChI=1S/C11H10O6/c1-2-17-11(16)7-5-3-4-6(9(12)13)8(7)10(14)15/h3-5H,2H2,1H3,(H,12,13)(H,14,15). The zero-order chi connectivity index (χ0) is 13.0. The van der Waals surface area contributed by atoms with Gasteiger partial charge >= 0.3 is 17.9 Å². The van der Waals surface area contributed by atoms with Gasteiger partial charge in [-0.2, -0.15) is 0 Å². The summed E-state index contributed by atoms with van der Waals surface area (Å²) in [7, 11) is 0. The Labute approximate surface area is 96.4 Å². The van der Waals surface area contributed by atoms with E-state index < -0.39 is 29.0 Å². The van der Waals surface area contributed by atoms with E-state index >= 15 is 0 Å². The molecule has 0 aliphatic rings. The molecule has 0 unspecified atom stereocenters. The molecule has 1 aromatic rings. The minimum atomic E-state index is -1.48. The van der Waals surface area contributed by atoms with Crippen LogP contribution in [0.1, 0.15) is 38.0 Å². The average Bonchev–Trinajstić information content (AvgIpc) is 2.28. The van der Waals surface area contributed by atoms with Crippen LogP contribution >= 0.6 is 0 Å². The molecule has 0 saturated carbocycles. The Bertz CT molecular complexity index is 477. The molecule has 17 heavy (non-hydrogen) atoms. The number of esters is 1. The van der Waals surface area contributed by atoms with Gasteiger partial charge in [0.2, 0.25) is 0 Å². The molecule has 6 nitrogen and oxygen atoms in total. The Kier molecular flexibility index (Phi) is 3.82. The number of carbonyl (C=O) groups is 3. The molecule has 0 amide bonds. The lowest BCUT2D eigenvalue weighted by molar-refractivity contribution is 0.0514. The Hall–Kier alpha value is -2.37. The van der Waals surface area contributed by atoms with Crippen molar-refractivity contribution in [3.63, 3.8) is 0 Å². The molecule has 0 radical (unpaired) electrons. The predicted octanol–water partition coefficient (Wildman–Crippen LogP) is 1.26. The summed E-state index contributed by atoms with van der Waals surface area (Å²) < 4.78 is 4.66. The molecule has 90 valence electrons. The lowest BCUT2D eigenvalue weighted by Gasteiger charge is -2.07. The summed E-state index contributed by atoms with van der Waals surface area (Å²) in [6.07, 6.45) is 0. The van der Waals surface area contributed by atoms with Crippen molar-refractivity contribution in [2.45, 2.75) is 6.92 Å². The van der Waals surface area contributed by atoms with Crippen LogP contribution in [0.3, 0.4) is 0 Å². The summed E-state index contributed by atoms with van der Waals surface area (Å²) in [6.45, 7) is 1.65. The van der Waals surface area contributed by atoms with Crippen LogP contribution in [-0.4, -0.2) is 34.7 Å². The number of hydrogen-bond donors (Lipinski definition) is 2. The molecule has 0 atom stereocenters. The highest BCUT2D eigenvalue weighted by atomic mass is 16.5. The molecule has 0 bridgehead atoms. The minimum Gasteiger partial charge on any atom is -0.478 e. The van der Waals surface area contributed by atoms with Gasteiger partial charge in [0, 0.05) is 0 Å². The third kappa shape index (κ3) is 2.60. The highest BCUT2D eigenvalue weighted by Crippen LogP contribution is 2.16. The molecule has 0 spiro atoms. The van der Waals surface area contributed by atoms with Gasteiger partial charge in [-0.1, -0.05) is 6.07 Å². The third-order valence-corrected chi connectivity index (χ3v) is 2.00. The van der Waals surface area contributed by atoms with Crippen LogP contribution in [0.25, 0.3) is 0 Å². The number of carbonyl (C=O) groups excluding carboxylic acids is 1. The second-order valence-electron chi connectivity index (χ2n) is 3.06. The van der Waals surface area contributed by atoms with Gasteiger partial charge in [-0.25, -0.2) is 14.4 Å². The molecule has 1 rings (SSSR count). The SMILES string of the molecule is CCOC(=O)c1cccc(C(=O)O)c1C(=O)O. The molecule has 0 saturated heterocycles. The smallest absolute Gasteiger partial charge is 0.339 e. The highest BCUT2D eigenvalue weighted by Gasteiger charge is 2.24. The van der Waals surface area contributed by atoms with E-state index in [0.717, 1.165) is 6.07 Å². The van der Waals surface area contributed by atoms with E-state index in [9.17, 15) is 14.4 Å². The molecule has 2 N–H and O–H groups in total. The lowest BCUT2D eigenvalue weighted by atomic mass is 10.0. The Morgan fingerprint density at radius 1 is 1.12 bits per heavy atom. The fourth-order valence-electron chi connectivity index (χ4n) is 1.34. The van der Waals surface area contributed by atoms with E-state index in [1.807, 2.05) is 0 Å². The van der Waals surface area contributed by atoms with Crippen molar-refractivity contribution < 1.29 is 29.3 Å². The highest BCUT2D eigenvalue weighted by molar-refractivity contribution is 6.09. The van der Waals surface area contributed by atoms with E-state index in [1.54, 1.807) is 6.92 Å². The van der Waals surface area contributed by atoms with Gasteiger partial charge in [0.1, 0.15) is 0 Å². The largest absolute Gasteiger partial charge is 0.478 e. The van der Waals surface area contributed by atoms with Crippen molar-refractivity contribution in [2.24, 2.45) is 0 Å². The normalized spacial score (nSPS) is 9.71. The fourth-order valence-corrected chi connectivity index (χ4v) is 1.34. The number of hydrogen-bond acceptors (Lipinski definition) is 4. The predicted molar refractivity (Wildman–Crippen MR) is 56.3 cm³/mol. The first kappa shape index (κ1) is 12.7. The Balaban J connectivity index is 3.40. The van der Waals surface area contributed by atoms with Crippen molar-refractivity contribution >= 4 is 17.9 Å². The summed E-state index contributed by atoms with van der Waals surface area (Å²) >= 11 is 0. The average molecular weight is 238 g/mol. The van der Waals surface area contributed by atoms with Crippen LogP contribution in [0.2, 0.25) is 0 Å². The number of carboxylic acid groups (broad SMARTS) is 2. The topological polar surface area (TPSA) is 101 Å². The molecule has 0 fully saturated rings. The first-order valence-corrected chi connectivity index (χ1v) is 4.75. The fraction of sp³-hybridized carbons (Fsp3) is 0.182. The summed E-state index contributed by atoms with van der Waals surface area (Å²) in [5.41, 5.74) is -1.26. The van der Waals surface area contributed by atoms with Crippen molar-refractivity contribution in [3.8, 4) is 0 Å². The van der Waals surface area contributed by atoms with E-state index in [0.29, 0.717) is 0 Å². The second-order valence-corrected chi connectivity index (χ2v) is 3.06. The number of ether oxygens (including phenoxy) is 1. The minimum absolute atomic E-state index is 0.0786. The van der Waals surface area contributed by atoms with E-state index in [4.69, 9.17) is 10.2 Å². The maximum atomic E-state index is 11.5. The first-order valence-electron chi connectivity index (χ1n) is 4.75. The van der Waals surface area contributed by atoms with Gasteiger partial charge in [-0.05, 0) is 19.1 Å². The molecule has 0 aliphatic heterocycles. The molecule has 0 aliphatic carbocycles. The quantitative estimate of drug-likeness (QED) is 0.766. The number of carboxylic acids is 2. The number of rotatable bonds is 4. The maximum Gasteiger partial charge on any atom is 0.339 e. The van der Waals surface area contributed by atoms with Gasteiger partial charge in [-0.3, -0.25) is 0 Å². The molecule has 1 aromatic carbocycles. The van der Waals surface area contributed by atoms with Crippen LogP contribution in [0.15, 0.2) is 18.2 Å². The molecular weight excluding hydrogens is 228 g/mol. The Morgan fingerprint density at radius 2 is 1.71 bits per heavy atom. The summed E-state index contributed by atoms with van der Waals surface area (Å²) in [6, 6.07) is 3.63. The van der Waals surface area contributed by atoms with Crippen molar-refractivity contribution in [3.05, 3.63) is 34.9 Å². The maximum absolute atomic E-state index is 11.5. The Morgan fingerprint density at radius 3 is 2.18 bits per heavy atom. The summed E-state index contributed by atoms with van der Waals surface area (Å²) in [5.74, 6) is -3.74. The van der Waals surface area contributed by atoms with Gasteiger partial charge < -0.3 is 14.9 Å². The van der Waals surface area contributed by atoms with Gasteiger partial charge in [0.05, 0.1) is 23.3 Å². The van der Waals surface area contributed by atoms with Crippen LogP contribution in [0.5, 0.6) is 0 Å². The summed E-state index contributed by atoms with van der Waals surface area (Å²) in [4.78, 5) is 33.3. The van der Waals surface area contributed by atoms with E-state index in [-0.39, 0.29) is 12.2 Å². The van der Waals surface area contributed by atoms with Crippen LogP contribution in [0, 0.1) is 0 Å². The first-order chi connectivity index (χ1) is 7.99. The second kappa shape index (κ2) is 5.11. The van der Waals surface area contributed by atoms with E-state index in [2.05, 4.69) is 4.74 Å².